The summed E-state index contributed by atoms with van der Waals surface area (Å²) in [5, 5.41) is 13.8. The molecule has 1 atom stereocenters. The number of amidine groups is 1. The number of hydrogen-bond acceptors (Lipinski definition) is 7. The number of amides is 2. The predicted molar refractivity (Wildman–Crippen MR) is 154 cm³/mol. The van der Waals surface area contributed by atoms with Crippen LogP contribution in [0.2, 0.25) is 0 Å². The number of methoxy groups -OCH3 is 1. The third-order valence-corrected chi connectivity index (χ3v) is 7.90. The van der Waals surface area contributed by atoms with Gasteiger partial charge in [-0.25, -0.2) is 0 Å². The van der Waals surface area contributed by atoms with Crippen molar-refractivity contribution in [3.05, 3.63) is 29.3 Å². The maximum absolute atomic E-state index is 14.2. The van der Waals surface area contributed by atoms with Crippen molar-refractivity contribution in [2.24, 2.45) is 11.7 Å². The summed E-state index contributed by atoms with van der Waals surface area (Å²) in [7, 11) is 1.54. The Balaban J connectivity index is 1.79. The van der Waals surface area contributed by atoms with E-state index < -0.39 is 17.1 Å². The molecule has 0 spiro atoms. The monoisotopic (exact) mass is 557 g/mol. The molecule has 10 nitrogen and oxygen atoms in total. The molecule has 1 aromatic carbocycles. The predicted octanol–water partition coefficient (Wildman–Crippen LogP) is 3.25. The van der Waals surface area contributed by atoms with Crippen LogP contribution in [0, 0.1) is 11.3 Å². The molecule has 10 heteroatoms. The van der Waals surface area contributed by atoms with Crippen LogP contribution >= 0.6 is 0 Å². The van der Waals surface area contributed by atoms with Gasteiger partial charge in [0, 0.05) is 24.2 Å². The van der Waals surface area contributed by atoms with Crippen LogP contribution in [-0.4, -0.2) is 66.4 Å². The van der Waals surface area contributed by atoms with E-state index in [1.165, 1.54) is 6.42 Å². The molecule has 1 aromatic rings. The fourth-order valence-electron chi connectivity index (χ4n) is 6.10. The zero-order chi connectivity index (χ0) is 29.3. The third kappa shape index (κ3) is 7.96. The topological polar surface area (TPSA) is 147 Å². The van der Waals surface area contributed by atoms with E-state index in [1.807, 2.05) is 0 Å². The fraction of sp³-hybridized carbons (Fsp3) is 0.667. The van der Waals surface area contributed by atoms with E-state index in [4.69, 9.17) is 20.6 Å². The molecule has 1 saturated heterocycles. The van der Waals surface area contributed by atoms with Gasteiger partial charge in [-0.1, -0.05) is 44.2 Å². The Morgan fingerprint density at radius 2 is 1.75 bits per heavy atom. The van der Waals surface area contributed by atoms with Gasteiger partial charge in [0.05, 0.1) is 20.2 Å². The number of benzene rings is 1. The SMILES string of the molecule is COc1cc(C(=N)N)ccc1CNC(=O)[C@]1(C2CCCCCCC2)CCCN1C(=O)CNCC(=O)OC(C)(C)C. The van der Waals surface area contributed by atoms with Crippen molar-refractivity contribution >= 4 is 23.6 Å². The van der Waals surface area contributed by atoms with Gasteiger partial charge in [0.2, 0.25) is 11.8 Å². The summed E-state index contributed by atoms with van der Waals surface area (Å²) < 4.78 is 10.8. The molecule has 0 unspecified atom stereocenters. The first-order chi connectivity index (χ1) is 19.0. The minimum Gasteiger partial charge on any atom is -0.496 e. The van der Waals surface area contributed by atoms with Gasteiger partial charge in [-0.2, -0.15) is 0 Å². The van der Waals surface area contributed by atoms with Crippen LogP contribution in [0.4, 0.5) is 0 Å². The highest BCUT2D eigenvalue weighted by molar-refractivity contribution is 5.95. The number of carbonyl (C=O) groups is 3. The Labute approximate surface area is 238 Å². The summed E-state index contributed by atoms with van der Waals surface area (Å²) in [6, 6.07) is 5.23. The summed E-state index contributed by atoms with van der Waals surface area (Å²) in [6.07, 6.45) is 8.73. The molecule has 2 aliphatic rings. The van der Waals surface area contributed by atoms with Gasteiger partial charge < -0.3 is 25.4 Å². The van der Waals surface area contributed by atoms with Gasteiger partial charge in [0.1, 0.15) is 22.7 Å². The number of rotatable bonds is 10. The summed E-state index contributed by atoms with van der Waals surface area (Å²) in [5.74, 6) is -0.200. The molecule has 1 aliphatic carbocycles. The van der Waals surface area contributed by atoms with Crippen molar-refractivity contribution in [3.8, 4) is 5.75 Å². The quantitative estimate of drug-likeness (QED) is 0.196. The zero-order valence-corrected chi connectivity index (χ0v) is 24.6. The molecule has 1 aliphatic heterocycles. The molecule has 2 amide bonds. The summed E-state index contributed by atoms with van der Waals surface area (Å²) in [6.45, 7) is 6.03. The standard InChI is InChI=1S/C30H47N5O5/c1-29(2,3)40-26(37)20-33-19-25(36)35-16-10-15-30(35,23-11-8-6-5-7-9-12-23)28(38)34-18-22-14-13-21(27(31)32)17-24(22)39-4/h13-14,17,23,33H,5-12,15-16,18-20H2,1-4H3,(H3,31,32)(H,34,38)/t30-/m1/s1. The smallest absolute Gasteiger partial charge is 0.320 e. The van der Waals surface area contributed by atoms with E-state index in [1.54, 1.807) is 51.0 Å². The molecule has 222 valence electrons. The highest BCUT2D eigenvalue weighted by Gasteiger charge is 2.53. The largest absolute Gasteiger partial charge is 0.496 e. The molecule has 0 aromatic heterocycles. The molecule has 0 radical (unpaired) electrons. The molecule has 1 saturated carbocycles. The second kappa shape index (κ2) is 14.0. The number of esters is 1. The fourth-order valence-corrected chi connectivity index (χ4v) is 6.10. The number of carbonyl (C=O) groups excluding carboxylic acids is 3. The molecule has 5 N–H and O–H groups in total. The summed E-state index contributed by atoms with van der Waals surface area (Å²) >= 11 is 0. The maximum atomic E-state index is 14.2. The average Bonchev–Trinajstić information content (AvgIpc) is 3.32. The van der Waals surface area contributed by atoms with Gasteiger partial charge in [0.25, 0.3) is 0 Å². The van der Waals surface area contributed by atoms with Gasteiger partial charge in [-0.3, -0.25) is 25.1 Å². The first-order valence-electron chi connectivity index (χ1n) is 14.5. The normalized spacial score (nSPS) is 20.4. The molecule has 2 fully saturated rings. The van der Waals surface area contributed by atoms with Gasteiger partial charge in [-0.05, 0) is 58.4 Å². The van der Waals surface area contributed by atoms with Crippen LogP contribution in [0.3, 0.4) is 0 Å². The molecule has 1 heterocycles. The second-order valence-electron chi connectivity index (χ2n) is 11.9. The highest BCUT2D eigenvalue weighted by atomic mass is 16.6. The van der Waals surface area contributed by atoms with E-state index in [0.717, 1.165) is 50.5 Å². The van der Waals surface area contributed by atoms with Gasteiger partial charge >= 0.3 is 5.97 Å². The molecule has 40 heavy (non-hydrogen) atoms. The van der Waals surface area contributed by atoms with Crippen molar-refractivity contribution in [1.82, 2.24) is 15.5 Å². The van der Waals surface area contributed by atoms with Crippen molar-refractivity contribution in [2.75, 3.05) is 26.7 Å². The number of nitrogen functional groups attached to an aromatic ring is 1. The lowest BCUT2D eigenvalue weighted by Gasteiger charge is -2.44. The number of hydrogen-bond donors (Lipinski definition) is 4. The lowest BCUT2D eigenvalue weighted by molar-refractivity contribution is -0.154. The summed E-state index contributed by atoms with van der Waals surface area (Å²) in [4.78, 5) is 41.7. The molecule has 0 bridgehead atoms. The van der Waals surface area contributed by atoms with Gasteiger partial charge in [-0.15, -0.1) is 0 Å². The lowest BCUT2D eigenvalue weighted by Crippen LogP contribution is -2.62. The highest BCUT2D eigenvalue weighted by Crippen LogP contribution is 2.42. The first kappa shape index (κ1) is 31.4. The summed E-state index contributed by atoms with van der Waals surface area (Å²) in [5.41, 5.74) is 5.41. The van der Waals surface area contributed by atoms with E-state index in [0.29, 0.717) is 24.3 Å². The number of nitrogens with zero attached hydrogens (tertiary/aromatic N) is 1. The average molecular weight is 558 g/mol. The number of nitrogens with two attached hydrogens (primary N) is 1. The number of ether oxygens (including phenoxy) is 2. The lowest BCUT2D eigenvalue weighted by atomic mass is 9.73. The van der Waals surface area contributed by atoms with Gasteiger partial charge in [0.15, 0.2) is 0 Å². The van der Waals surface area contributed by atoms with E-state index >= 15 is 0 Å². The Bertz CT molecular complexity index is 1060. The van der Waals surface area contributed by atoms with Crippen molar-refractivity contribution < 1.29 is 23.9 Å². The van der Waals surface area contributed by atoms with Crippen molar-refractivity contribution in [1.29, 1.82) is 5.41 Å². The second-order valence-corrected chi connectivity index (χ2v) is 11.9. The maximum Gasteiger partial charge on any atom is 0.320 e. The molecule has 3 rings (SSSR count). The van der Waals surface area contributed by atoms with Crippen LogP contribution in [-0.2, 0) is 25.7 Å². The Morgan fingerprint density at radius 1 is 1.07 bits per heavy atom. The third-order valence-electron chi connectivity index (χ3n) is 7.90. The minimum atomic E-state index is -0.936. The Morgan fingerprint density at radius 3 is 2.38 bits per heavy atom. The Hall–Kier alpha value is -3.14. The van der Waals surface area contributed by atoms with Crippen LogP contribution in [0.15, 0.2) is 18.2 Å². The zero-order valence-electron chi connectivity index (χ0n) is 24.6. The molecular formula is C30H47N5O5. The van der Waals surface area contributed by atoms with E-state index in [9.17, 15) is 14.4 Å². The first-order valence-corrected chi connectivity index (χ1v) is 14.5. The van der Waals surface area contributed by atoms with E-state index in [-0.39, 0.29) is 43.2 Å². The number of likely N-dealkylation sites (tertiary alicyclic amines) is 1. The van der Waals surface area contributed by atoms with Crippen LogP contribution in [0.5, 0.6) is 5.75 Å². The van der Waals surface area contributed by atoms with Crippen LogP contribution in [0.25, 0.3) is 0 Å². The van der Waals surface area contributed by atoms with Crippen LogP contribution < -0.4 is 21.1 Å². The molecular weight excluding hydrogens is 510 g/mol. The van der Waals surface area contributed by atoms with Crippen molar-refractivity contribution in [3.63, 3.8) is 0 Å². The Kier molecular flexibility index (Phi) is 11.0. The minimum absolute atomic E-state index is 0.0404. The number of nitrogens with one attached hydrogen (secondary N) is 3. The van der Waals surface area contributed by atoms with E-state index in [2.05, 4.69) is 10.6 Å². The van der Waals surface area contributed by atoms with Crippen molar-refractivity contribution in [2.45, 2.75) is 96.2 Å². The van der Waals surface area contributed by atoms with Crippen LogP contribution in [0.1, 0.15) is 89.7 Å².